The molecule has 64 valence electrons. The zero-order valence-corrected chi connectivity index (χ0v) is 7.14. The SMILES string of the molecule is CCCCOC1CCC(=O)C1. The van der Waals surface area contributed by atoms with E-state index < -0.39 is 0 Å². The van der Waals surface area contributed by atoms with Crippen LogP contribution in [-0.4, -0.2) is 18.5 Å². The first-order valence-corrected chi connectivity index (χ1v) is 4.46. The highest BCUT2D eigenvalue weighted by atomic mass is 16.5. The molecule has 0 radical (unpaired) electrons. The number of hydrogen-bond donors (Lipinski definition) is 0. The maximum absolute atomic E-state index is 10.8. The second kappa shape index (κ2) is 4.50. The quantitative estimate of drug-likeness (QED) is 0.581. The highest BCUT2D eigenvalue weighted by molar-refractivity contribution is 5.80. The van der Waals surface area contributed by atoms with Gasteiger partial charge in [-0.2, -0.15) is 0 Å². The minimum atomic E-state index is 0.244. The number of ether oxygens (including phenoxy) is 1. The number of ketones is 1. The van der Waals surface area contributed by atoms with Crippen LogP contribution < -0.4 is 0 Å². The van der Waals surface area contributed by atoms with E-state index in [4.69, 9.17) is 4.74 Å². The summed E-state index contributed by atoms with van der Waals surface area (Å²) in [6.07, 6.45) is 4.86. The summed E-state index contributed by atoms with van der Waals surface area (Å²) in [6.45, 7) is 2.97. The fourth-order valence-electron chi connectivity index (χ4n) is 1.32. The van der Waals surface area contributed by atoms with Gasteiger partial charge in [-0.15, -0.1) is 0 Å². The molecule has 0 spiro atoms. The van der Waals surface area contributed by atoms with Crippen LogP contribution in [0.15, 0.2) is 0 Å². The predicted molar refractivity (Wildman–Crippen MR) is 43.5 cm³/mol. The molecule has 0 aromatic rings. The fourth-order valence-corrected chi connectivity index (χ4v) is 1.32. The monoisotopic (exact) mass is 156 g/mol. The molecule has 1 unspecified atom stereocenters. The Bertz CT molecular complexity index is 132. The van der Waals surface area contributed by atoms with Gasteiger partial charge in [-0.1, -0.05) is 13.3 Å². The first-order chi connectivity index (χ1) is 5.33. The second-order valence-corrected chi connectivity index (χ2v) is 3.13. The van der Waals surface area contributed by atoms with Crippen molar-refractivity contribution >= 4 is 5.78 Å². The Morgan fingerprint density at radius 3 is 3.00 bits per heavy atom. The molecule has 1 atom stereocenters. The Balaban J connectivity index is 2.04. The first-order valence-electron chi connectivity index (χ1n) is 4.46. The first kappa shape index (κ1) is 8.72. The smallest absolute Gasteiger partial charge is 0.135 e. The number of carbonyl (C=O) groups excluding carboxylic acids is 1. The number of carbonyl (C=O) groups is 1. The minimum Gasteiger partial charge on any atom is -0.378 e. The third kappa shape index (κ3) is 3.02. The van der Waals surface area contributed by atoms with Crippen molar-refractivity contribution < 1.29 is 9.53 Å². The van der Waals surface area contributed by atoms with E-state index in [0.29, 0.717) is 12.2 Å². The van der Waals surface area contributed by atoms with Crippen LogP contribution in [0.1, 0.15) is 39.0 Å². The molecule has 11 heavy (non-hydrogen) atoms. The Kier molecular flexibility index (Phi) is 3.57. The lowest BCUT2D eigenvalue weighted by molar-refractivity contribution is -0.118. The van der Waals surface area contributed by atoms with Crippen molar-refractivity contribution in [2.24, 2.45) is 0 Å². The summed E-state index contributed by atoms with van der Waals surface area (Å²) < 4.78 is 5.49. The van der Waals surface area contributed by atoms with E-state index in [2.05, 4.69) is 6.92 Å². The number of hydrogen-bond acceptors (Lipinski definition) is 2. The number of rotatable bonds is 4. The van der Waals surface area contributed by atoms with Gasteiger partial charge in [0.2, 0.25) is 0 Å². The van der Waals surface area contributed by atoms with Crippen molar-refractivity contribution in [1.29, 1.82) is 0 Å². The van der Waals surface area contributed by atoms with Gasteiger partial charge in [0, 0.05) is 19.4 Å². The average molecular weight is 156 g/mol. The summed E-state index contributed by atoms with van der Waals surface area (Å²) in [7, 11) is 0. The summed E-state index contributed by atoms with van der Waals surface area (Å²) >= 11 is 0. The van der Waals surface area contributed by atoms with Gasteiger partial charge in [-0.05, 0) is 12.8 Å². The second-order valence-electron chi connectivity index (χ2n) is 3.13. The summed E-state index contributed by atoms with van der Waals surface area (Å²) in [5.41, 5.74) is 0. The highest BCUT2D eigenvalue weighted by Gasteiger charge is 2.21. The van der Waals surface area contributed by atoms with Gasteiger partial charge in [-0.3, -0.25) is 4.79 Å². The van der Waals surface area contributed by atoms with Crippen molar-refractivity contribution in [3.63, 3.8) is 0 Å². The molecule has 1 aliphatic rings. The molecule has 1 aliphatic carbocycles. The summed E-state index contributed by atoms with van der Waals surface area (Å²) in [4.78, 5) is 10.8. The van der Waals surface area contributed by atoms with Gasteiger partial charge >= 0.3 is 0 Å². The van der Waals surface area contributed by atoms with E-state index in [9.17, 15) is 4.79 Å². The van der Waals surface area contributed by atoms with Gasteiger partial charge in [0.15, 0.2) is 0 Å². The van der Waals surface area contributed by atoms with Gasteiger partial charge in [0.25, 0.3) is 0 Å². The fraction of sp³-hybridized carbons (Fsp3) is 0.889. The van der Waals surface area contributed by atoms with E-state index in [1.807, 2.05) is 0 Å². The van der Waals surface area contributed by atoms with Crippen molar-refractivity contribution in [2.45, 2.75) is 45.1 Å². The van der Waals surface area contributed by atoms with Gasteiger partial charge in [0.1, 0.15) is 5.78 Å². The van der Waals surface area contributed by atoms with Crippen LogP contribution in [0.3, 0.4) is 0 Å². The molecule has 2 heteroatoms. The van der Waals surface area contributed by atoms with E-state index in [1.54, 1.807) is 0 Å². The van der Waals surface area contributed by atoms with Crippen molar-refractivity contribution in [1.82, 2.24) is 0 Å². The minimum absolute atomic E-state index is 0.244. The molecule has 1 fully saturated rings. The maximum atomic E-state index is 10.8. The lowest BCUT2D eigenvalue weighted by atomic mass is 10.3. The van der Waals surface area contributed by atoms with Crippen molar-refractivity contribution in [2.75, 3.05) is 6.61 Å². The van der Waals surface area contributed by atoms with Gasteiger partial charge < -0.3 is 4.74 Å². The van der Waals surface area contributed by atoms with E-state index >= 15 is 0 Å². The van der Waals surface area contributed by atoms with Crippen LogP contribution in [0.4, 0.5) is 0 Å². The maximum Gasteiger partial charge on any atom is 0.135 e. The van der Waals surface area contributed by atoms with E-state index in [0.717, 1.165) is 25.9 Å². The summed E-state index contributed by atoms with van der Waals surface area (Å²) in [5, 5.41) is 0. The molecule has 0 aromatic carbocycles. The Morgan fingerprint density at radius 1 is 1.64 bits per heavy atom. The molecule has 0 aliphatic heterocycles. The molecular weight excluding hydrogens is 140 g/mol. The predicted octanol–water partition coefficient (Wildman–Crippen LogP) is 1.92. The van der Waals surface area contributed by atoms with Crippen LogP contribution in [0.2, 0.25) is 0 Å². The topological polar surface area (TPSA) is 26.3 Å². The molecule has 0 saturated heterocycles. The molecule has 1 saturated carbocycles. The van der Waals surface area contributed by atoms with Crippen LogP contribution in [0.25, 0.3) is 0 Å². The van der Waals surface area contributed by atoms with Crippen molar-refractivity contribution in [3.05, 3.63) is 0 Å². The zero-order chi connectivity index (χ0) is 8.10. The molecule has 2 nitrogen and oxygen atoms in total. The van der Waals surface area contributed by atoms with E-state index in [-0.39, 0.29) is 6.10 Å². The Morgan fingerprint density at radius 2 is 2.45 bits per heavy atom. The van der Waals surface area contributed by atoms with Gasteiger partial charge in [-0.25, -0.2) is 0 Å². The zero-order valence-electron chi connectivity index (χ0n) is 7.14. The molecule has 0 amide bonds. The van der Waals surface area contributed by atoms with E-state index in [1.165, 1.54) is 6.42 Å². The van der Waals surface area contributed by atoms with Crippen LogP contribution in [0, 0.1) is 0 Å². The molecule has 0 aromatic heterocycles. The number of Topliss-reactive ketones (excluding diaryl/α,β-unsaturated/α-hetero) is 1. The lowest BCUT2D eigenvalue weighted by Gasteiger charge is -2.08. The molecular formula is C9H16O2. The average Bonchev–Trinajstić information content (AvgIpc) is 2.37. The summed E-state index contributed by atoms with van der Waals surface area (Å²) in [5.74, 6) is 0.367. The number of unbranched alkanes of at least 4 members (excludes halogenated alkanes) is 1. The molecule has 0 N–H and O–H groups in total. The lowest BCUT2D eigenvalue weighted by Crippen LogP contribution is -2.09. The Labute approximate surface area is 67.9 Å². The standard InChI is InChI=1S/C9H16O2/c1-2-3-6-11-9-5-4-8(10)7-9/h9H,2-7H2,1H3. The van der Waals surface area contributed by atoms with Crippen LogP contribution in [-0.2, 0) is 9.53 Å². The molecule has 1 rings (SSSR count). The van der Waals surface area contributed by atoms with Crippen LogP contribution >= 0.6 is 0 Å². The van der Waals surface area contributed by atoms with Crippen LogP contribution in [0.5, 0.6) is 0 Å². The molecule has 0 heterocycles. The normalized spacial score (nSPS) is 24.5. The Hall–Kier alpha value is -0.370. The highest BCUT2D eigenvalue weighted by Crippen LogP contribution is 2.17. The third-order valence-electron chi connectivity index (χ3n) is 2.05. The van der Waals surface area contributed by atoms with Gasteiger partial charge in [0.05, 0.1) is 6.10 Å². The largest absolute Gasteiger partial charge is 0.378 e. The molecule has 0 bridgehead atoms. The third-order valence-corrected chi connectivity index (χ3v) is 2.05. The summed E-state index contributed by atoms with van der Waals surface area (Å²) in [6, 6.07) is 0. The van der Waals surface area contributed by atoms with Crippen molar-refractivity contribution in [3.8, 4) is 0 Å².